The topological polar surface area (TPSA) is 143 Å². The van der Waals surface area contributed by atoms with Crippen molar-refractivity contribution in [2.75, 3.05) is 33.9 Å². The van der Waals surface area contributed by atoms with Gasteiger partial charge in [0.05, 0.1) is 14.2 Å². The lowest BCUT2D eigenvalue weighted by molar-refractivity contribution is -0.240. The lowest BCUT2D eigenvalue weighted by Gasteiger charge is -2.45. The van der Waals surface area contributed by atoms with E-state index in [2.05, 4.69) is 17.0 Å². The molecule has 0 aliphatic carbocycles. The second kappa shape index (κ2) is 14.7. The Bertz CT molecular complexity index is 1070. The summed E-state index contributed by atoms with van der Waals surface area (Å²) in [5.41, 5.74) is 0.927. The summed E-state index contributed by atoms with van der Waals surface area (Å²) < 4.78 is 10.5. The molecule has 1 aliphatic rings. The number of carboxylic acids is 2. The van der Waals surface area contributed by atoms with Gasteiger partial charge in [0.25, 0.3) is 0 Å². The van der Waals surface area contributed by atoms with Crippen LogP contribution in [0.1, 0.15) is 30.9 Å². The summed E-state index contributed by atoms with van der Waals surface area (Å²) in [5.74, 6) is -3.76. The van der Waals surface area contributed by atoms with E-state index in [9.17, 15) is 9.59 Å². The third kappa shape index (κ3) is 8.29. The number of amides is 1. The third-order valence-electron chi connectivity index (χ3n) is 6.21. The molecule has 0 radical (unpaired) electrons. The summed E-state index contributed by atoms with van der Waals surface area (Å²) in [4.78, 5) is 52.0. The number of esters is 1. The number of nitrogens with zero attached hydrogens (tertiary/aromatic N) is 2. The summed E-state index contributed by atoms with van der Waals surface area (Å²) in [6, 6.07) is 17.8. The van der Waals surface area contributed by atoms with Gasteiger partial charge >= 0.3 is 17.9 Å². The van der Waals surface area contributed by atoms with Crippen LogP contribution in [0, 0.1) is 0 Å². The number of piperidine rings is 1. The van der Waals surface area contributed by atoms with E-state index < -0.39 is 23.4 Å². The van der Waals surface area contributed by atoms with Crippen molar-refractivity contribution in [3.05, 3.63) is 65.7 Å². The first kappa shape index (κ1) is 30.3. The predicted octanol–water partition coefficient (Wildman–Crippen LogP) is 2.38. The Kier molecular flexibility index (Phi) is 11.7. The quantitative estimate of drug-likeness (QED) is 0.282. The average Bonchev–Trinajstić information content (AvgIpc) is 2.93. The highest BCUT2D eigenvalue weighted by molar-refractivity contribution is 6.27. The van der Waals surface area contributed by atoms with Crippen LogP contribution in [0.25, 0.3) is 0 Å². The average molecular weight is 531 g/mol. The van der Waals surface area contributed by atoms with Crippen molar-refractivity contribution in [1.29, 1.82) is 0 Å². The van der Waals surface area contributed by atoms with E-state index in [1.807, 2.05) is 42.5 Å². The second-order valence-corrected chi connectivity index (χ2v) is 8.61. The van der Waals surface area contributed by atoms with Crippen LogP contribution in [-0.2, 0) is 41.8 Å². The first-order valence-corrected chi connectivity index (χ1v) is 12.0. The summed E-state index contributed by atoms with van der Waals surface area (Å²) >= 11 is 0. The zero-order valence-corrected chi connectivity index (χ0v) is 21.8. The van der Waals surface area contributed by atoms with Crippen LogP contribution >= 0.6 is 0 Å². The Hall–Kier alpha value is -3.96. The molecular formula is C27H34N2O9. The number of carbonyl (C=O) groups excluding carboxylic acids is 2. The summed E-state index contributed by atoms with van der Waals surface area (Å²) in [6.45, 7) is 3.76. The maximum Gasteiger partial charge on any atom is 0.414 e. The normalized spacial score (nSPS) is 14.4. The molecule has 11 nitrogen and oxygen atoms in total. The molecule has 2 N–H and O–H groups in total. The van der Waals surface area contributed by atoms with E-state index in [1.54, 1.807) is 7.11 Å². The fourth-order valence-corrected chi connectivity index (χ4v) is 4.23. The predicted molar refractivity (Wildman–Crippen MR) is 136 cm³/mol. The number of para-hydroxylation sites is 1. The number of hydrogen-bond donors (Lipinski definition) is 2. The van der Waals surface area contributed by atoms with Crippen LogP contribution in [0.5, 0.6) is 5.75 Å². The molecule has 1 heterocycles. The minimum Gasteiger partial charge on any atom is -0.496 e. The molecule has 0 atom stereocenters. The Morgan fingerprint density at radius 2 is 1.50 bits per heavy atom. The maximum absolute atomic E-state index is 12.9. The number of ether oxygens (including phenoxy) is 2. The number of carboxylic acid groups (broad SMARTS) is 2. The minimum atomic E-state index is -1.82. The number of methoxy groups -OCH3 is 2. The van der Waals surface area contributed by atoms with Crippen LogP contribution in [0.4, 0.5) is 0 Å². The first-order chi connectivity index (χ1) is 18.1. The number of rotatable bonds is 9. The van der Waals surface area contributed by atoms with Gasteiger partial charge in [-0.3, -0.25) is 9.63 Å². The van der Waals surface area contributed by atoms with Crippen molar-refractivity contribution < 1.29 is 43.7 Å². The Labute approximate surface area is 221 Å². The molecule has 1 aliphatic heterocycles. The SMILES string of the molecule is COC(=O)C1(N(OCc2ccccc2OC)C(C)=O)CCN(CCc2ccccc2)CC1.O=C(O)C(=O)O. The molecule has 0 spiro atoms. The van der Waals surface area contributed by atoms with Crippen LogP contribution in [0.2, 0.25) is 0 Å². The van der Waals surface area contributed by atoms with Gasteiger partial charge in [-0.1, -0.05) is 48.5 Å². The molecule has 11 heteroatoms. The first-order valence-electron chi connectivity index (χ1n) is 12.0. The summed E-state index contributed by atoms with van der Waals surface area (Å²) in [7, 11) is 2.94. The van der Waals surface area contributed by atoms with Crippen molar-refractivity contribution in [2.24, 2.45) is 0 Å². The zero-order valence-electron chi connectivity index (χ0n) is 21.8. The molecule has 1 saturated heterocycles. The number of aliphatic carboxylic acids is 2. The van der Waals surface area contributed by atoms with E-state index in [1.165, 1.54) is 24.7 Å². The molecule has 2 aromatic carbocycles. The van der Waals surface area contributed by atoms with Crippen LogP contribution in [-0.4, -0.2) is 83.4 Å². The van der Waals surface area contributed by atoms with Gasteiger partial charge in [-0.2, -0.15) is 0 Å². The monoisotopic (exact) mass is 530 g/mol. The van der Waals surface area contributed by atoms with Gasteiger partial charge in [0.2, 0.25) is 5.91 Å². The zero-order chi connectivity index (χ0) is 28.1. The van der Waals surface area contributed by atoms with Crippen molar-refractivity contribution in [1.82, 2.24) is 9.96 Å². The van der Waals surface area contributed by atoms with E-state index in [-0.39, 0.29) is 12.5 Å². The molecule has 0 bridgehead atoms. The lowest BCUT2D eigenvalue weighted by atomic mass is 9.86. The molecule has 1 fully saturated rings. The molecular weight excluding hydrogens is 496 g/mol. The third-order valence-corrected chi connectivity index (χ3v) is 6.21. The van der Waals surface area contributed by atoms with Crippen molar-refractivity contribution in [3.63, 3.8) is 0 Å². The largest absolute Gasteiger partial charge is 0.496 e. The molecule has 206 valence electrons. The van der Waals surface area contributed by atoms with Gasteiger partial charge in [0.1, 0.15) is 12.4 Å². The van der Waals surface area contributed by atoms with E-state index >= 15 is 0 Å². The highest BCUT2D eigenvalue weighted by Gasteiger charge is 2.50. The van der Waals surface area contributed by atoms with Gasteiger partial charge in [0, 0.05) is 32.1 Å². The highest BCUT2D eigenvalue weighted by Crippen LogP contribution is 2.32. The summed E-state index contributed by atoms with van der Waals surface area (Å²) in [5, 5.41) is 16.0. The Morgan fingerprint density at radius 3 is 2.03 bits per heavy atom. The Morgan fingerprint density at radius 1 is 0.921 bits per heavy atom. The number of hydroxylamine groups is 2. The van der Waals surface area contributed by atoms with Gasteiger partial charge in [-0.05, 0) is 30.9 Å². The van der Waals surface area contributed by atoms with Gasteiger partial charge in [-0.15, -0.1) is 0 Å². The van der Waals surface area contributed by atoms with E-state index in [4.69, 9.17) is 34.1 Å². The standard InChI is InChI=1S/C25H32N2O5.C2H2O4/c1-20(28)27(32-19-22-11-7-8-12-23(22)30-2)25(24(29)31-3)14-17-26(18-15-25)16-13-21-9-5-4-6-10-21;3-1(4)2(5)6/h4-12H,13-19H2,1-3H3;(H,3,4)(H,5,6). The van der Waals surface area contributed by atoms with Crippen LogP contribution in [0.3, 0.4) is 0 Å². The molecule has 0 saturated carbocycles. The molecule has 0 unspecified atom stereocenters. The maximum atomic E-state index is 12.9. The second-order valence-electron chi connectivity index (χ2n) is 8.61. The number of hydrogen-bond acceptors (Lipinski definition) is 8. The minimum absolute atomic E-state index is 0.111. The van der Waals surface area contributed by atoms with Crippen molar-refractivity contribution in [2.45, 2.75) is 38.3 Å². The highest BCUT2D eigenvalue weighted by atomic mass is 16.7. The van der Waals surface area contributed by atoms with Crippen molar-refractivity contribution >= 4 is 23.8 Å². The van der Waals surface area contributed by atoms with Crippen molar-refractivity contribution in [3.8, 4) is 5.75 Å². The van der Waals surface area contributed by atoms with Gasteiger partial charge in [0.15, 0.2) is 5.54 Å². The number of benzene rings is 2. The fraction of sp³-hybridized carbons (Fsp3) is 0.407. The molecule has 0 aromatic heterocycles. The molecule has 2 aromatic rings. The van der Waals surface area contributed by atoms with Gasteiger partial charge < -0.3 is 24.6 Å². The number of likely N-dealkylation sites (tertiary alicyclic amines) is 1. The van der Waals surface area contributed by atoms with E-state index in [0.717, 1.165) is 18.5 Å². The summed E-state index contributed by atoms with van der Waals surface area (Å²) in [6.07, 6.45) is 1.83. The molecule has 38 heavy (non-hydrogen) atoms. The molecule has 1 amide bonds. The van der Waals surface area contributed by atoms with Crippen LogP contribution < -0.4 is 4.74 Å². The fourth-order valence-electron chi connectivity index (χ4n) is 4.23. The van der Waals surface area contributed by atoms with Crippen LogP contribution in [0.15, 0.2) is 54.6 Å². The Balaban J connectivity index is 0.000000757. The van der Waals surface area contributed by atoms with E-state index in [0.29, 0.717) is 31.7 Å². The smallest absolute Gasteiger partial charge is 0.414 e. The lowest BCUT2D eigenvalue weighted by Crippen LogP contribution is -2.61. The van der Waals surface area contributed by atoms with Gasteiger partial charge in [-0.25, -0.2) is 19.4 Å². The molecule has 3 rings (SSSR count). The number of carbonyl (C=O) groups is 4.